The second kappa shape index (κ2) is 6.04. The SMILES string of the molecule is Cc1coc(NC(=O)c2cccc(C#CCO)c2C)n1. The molecule has 0 radical (unpaired) electrons. The molecular weight excluding hydrogens is 256 g/mol. The maximum atomic E-state index is 12.2. The van der Waals surface area contributed by atoms with E-state index >= 15 is 0 Å². The maximum Gasteiger partial charge on any atom is 0.301 e. The summed E-state index contributed by atoms with van der Waals surface area (Å²) in [5.74, 6) is 5.07. The Morgan fingerprint density at radius 2 is 2.25 bits per heavy atom. The van der Waals surface area contributed by atoms with Crippen molar-refractivity contribution in [3.05, 3.63) is 46.8 Å². The van der Waals surface area contributed by atoms with Crippen LogP contribution >= 0.6 is 0 Å². The fraction of sp³-hybridized carbons (Fsp3) is 0.200. The number of carbonyl (C=O) groups excluding carboxylic acids is 1. The van der Waals surface area contributed by atoms with Crippen LogP contribution in [0.15, 0.2) is 28.9 Å². The molecule has 0 atom stereocenters. The van der Waals surface area contributed by atoms with Gasteiger partial charge < -0.3 is 9.52 Å². The number of benzene rings is 1. The Kier molecular flexibility index (Phi) is 4.18. The lowest BCUT2D eigenvalue weighted by Gasteiger charge is -2.06. The predicted molar refractivity (Wildman–Crippen MR) is 74.3 cm³/mol. The molecule has 0 bridgehead atoms. The summed E-state index contributed by atoms with van der Waals surface area (Å²) in [6.45, 7) is 3.36. The quantitative estimate of drug-likeness (QED) is 0.817. The molecule has 5 nitrogen and oxygen atoms in total. The Morgan fingerprint density at radius 3 is 2.90 bits per heavy atom. The number of hydrogen-bond acceptors (Lipinski definition) is 4. The first-order valence-corrected chi connectivity index (χ1v) is 6.04. The largest absolute Gasteiger partial charge is 0.432 e. The molecule has 2 aromatic rings. The minimum absolute atomic E-state index is 0.166. The number of aryl methyl sites for hydroxylation is 1. The van der Waals surface area contributed by atoms with Crippen molar-refractivity contribution >= 4 is 11.9 Å². The molecule has 0 spiro atoms. The van der Waals surface area contributed by atoms with Crippen LogP contribution < -0.4 is 5.32 Å². The van der Waals surface area contributed by atoms with Crippen LogP contribution in [-0.4, -0.2) is 22.6 Å². The average molecular weight is 270 g/mol. The summed E-state index contributed by atoms with van der Waals surface area (Å²) in [6, 6.07) is 5.40. The van der Waals surface area contributed by atoms with Gasteiger partial charge in [-0.1, -0.05) is 17.9 Å². The molecule has 20 heavy (non-hydrogen) atoms. The number of aliphatic hydroxyl groups is 1. The van der Waals surface area contributed by atoms with E-state index in [1.807, 2.05) is 0 Å². The number of carbonyl (C=O) groups is 1. The van der Waals surface area contributed by atoms with Gasteiger partial charge in [0.15, 0.2) is 0 Å². The molecule has 2 N–H and O–H groups in total. The molecule has 0 saturated carbocycles. The van der Waals surface area contributed by atoms with Gasteiger partial charge in [0.05, 0.1) is 5.69 Å². The number of rotatable bonds is 2. The molecule has 0 aliphatic heterocycles. The summed E-state index contributed by atoms with van der Waals surface area (Å²) in [7, 11) is 0. The number of anilines is 1. The van der Waals surface area contributed by atoms with Gasteiger partial charge in [0.25, 0.3) is 5.91 Å². The number of nitrogens with zero attached hydrogens (tertiary/aromatic N) is 1. The van der Waals surface area contributed by atoms with Crippen LogP contribution in [0.25, 0.3) is 0 Å². The summed E-state index contributed by atoms with van der Waals surface area (Å²) >= 11 is 0. The standard InChI is InChI=1S/C15H14N2O3/c1-10-9-20-15(16-10)17-14(19)13-7-3-5-12(11(13)2)6-4-8-18/h3,5,7,9,18H,8H2,1-2H3,(H,16,17,19). The third-order valence-electron chi connectivity index (χ3n) is 2.72. The highest BCUT2D eigenvalue weighted by Crippen LogP contribution is 2.15. The first kappa shape index (κ1) is 13.8. The molecule has 0 unspecified atom stereocenters. The van der Waals surface area contributed by atoms with Crippen molar-refractivity contribution in [2.75, 3.05) is 11.9 Å². The molecule has 1 heterocycles. The van der Waals surface area contributed by atoms with Gasteiger partial charge in [-0.2, -0.15) is 4.98 Å². The van der Waals surface area contributed by atoms with Crippen LogP contribution in [0.2, 0.25) is 0 Å². The minimum atomic E-state index is -0.308. The first-order valence-electron chi connectivity index (χ1n) is 6.04. The van der Waals surface area contributed by atoms with E-state index in [0.717, 1.165) is 5.56 Å². The van der Waals surface area contributed by atoms with Gasteiger partial charge in [-0.25, -0.2) is 0 Å². The van der Waals surface area contributed by atoms with E-state index in [-0.39, 0.29) is 18.5 Å². The van der Waals surface area contributed by atoms with E-state index in [4.69, 9.17) is 9.52 Å². The molecule has 1 amide bonds. The maximum absolute atomic E-state index is 12.2. The van der Waals surface area contributed by atoms with Gasteiger partial charge in [-0.3, -0.25) is 10.1 Å². The molecule has 0 aliphatic carbocycles. The van der Waals surface area contributed by atoms with Crippen molar-refractivity contribution in [2.24, 2.45) is 0 Å². The smallest absolute Gasteiger partial charge is 0.301 e. The lowest BCUT2D eigenvalue weighted by molar-refractivity contribution is 0.102. The van der Waals surface area contributed by atoms with Gasteiger partial charge in [0.2, 0.25) is 0 Å². The van der Waals surface area contributed by atoms with Crippen LogP contribution in [0, 0.1) is 25.7 Å². The van der Waals surface area contributed by atoms with Crippen molar-refractivity contribution in [1.29, 1.82) is 0 Å². The van der Waals surface area contributed by atoms with Crippen LogP contribution in [0.4, 0.5) is 6.01 Å². The molecule has 102 valence electrons. The third kappa shape index (κ3) is 3.05. The zero-order chi connectivity index (χ0) is 14.5. The van der Waals surface area contributed by atoms with Gasteiger partial charge in [-0.05, 0) is 31.5 Å². The number of aromatic nitrogens is 1. The van der Waals surface area contributed by atoms with E-state index < -0.39 is 0 Å². The Balaban J connectivity index is 2.26. The molecular formula is C15H14N2O3. The van der Waals surface area contributed by atoms with Gasteiger partial charge in [0, 0.05) is 11.1 Å². The van der Waals surface area contributed by atoms with E-state index in [1.165, 1.54) is 6.26 Å². The second-order valence-electron chi connectivity index (χ2n) is 4.19. The highest BCUT2D eigenvalue weighted by atomic mass is 16.4. The average Bonchev–Trinajstić information content (AvgIpc) is 2.83. The number of nitrogens with one attached hydrogen (secondary N) is 1. The normalized spacial score (nSPS) is 9.75. The van der Waals surface area contributed by atoms with Crippen LogP contribution in [-0.2, 0) is 0 Å². The molecule has 5 heteroatoms. The van der Waals surface area contributed by atoms with Crippen molar-refractivity contribution in [3.63, 3.8) is 0 Å². The summed E-state index contributed by atoms with van der Waals surface area (Å²) in [6.07, 6.45) is 1.46. The molecule has 2 rings (SSSR count). The van der Waals surface area contributed by atoms with Crippen molar-refractivity contribution < 1.29 is 14.3 Å². The Labute approximate surface area is 116 Å². The molecule has 0 aliphatic rings. The minimum Gasteiger partial charge on any atom is -0.432 e. The van der Waals surface area contributed by atoms with Crippen LogP contribution in [0.1, 0.15) is 27.2 Å². The third-order valence-corrected chi connectivity index (χ3v) is 2.72. The van der Waals surface area contributed by atoms with Gasteiger partial charge in [0.1, 0.15) is 12.9 Å². The highest BCUT2D eigenvalue weighted by molar-refractivity contribution is 6.04. The Bertz CT molecular complexity index is 693. The highest BCUT2D eigenvalue weighted by Gasteiger charge is 2.13. The zero-order valence-corrected chi connectivity index (χ0v) is 11.2. The van der Waals surface area contributed by atoms with Gasteiger partial charge >= 0.3 is 6.01 Å². The predicted octanol–water partition coefficient (Wildman–Crippen LogP) is 1.89. The lowest BCUT2D eigenvalue weighted by atomic mass is 10.0. The molecule has 0 saturated heterocycles. The number of oxazole rings is 1. The molecule has 1 aromatic heterocycles. The number of aliphatic hydroxyl groups excluding tert-OH is 1. The van der Waals surface area contributed by atoms with E-state index in [1.54, 1.807) is 32.0 Å². The fourth-order valence-corrected chi connectivity index (χ4v) is 1.73. The van der Waals surface area contributed by atoms with Crippen molar-refractivity contribution in [2.45, 2.75) is 13.8 Å². The Hall–Kier alpha value is -2.58. The molecule has 0 fully saturated rings. The topological polar surface area (TPSA) is 75.4 Å². The summed E-state index contributed by atoms with van der Waals surface area (Å²) < 4.78 is 5.09. The van der Waals surface area contributed by atoms with E-state index in [9.17, 15) is 4.79 Å². The number of amides is 1. The molecule has 1 aromatic carbocycles. The van der Waals surface area contributed by atoms with Crippen molar-refractivity contribution in [3.8, 4) is 11.8 Å². The fourth-order valence-electron chi connectivity index (χ4n) is 1.73. The van der Waals surface area contributed by atoms with Gasteiger partial charge in [-0.15, -0.1) is 0 Å². The van der Waals surface area contributed by atoms with E-state index in [0.29, 0.717) is 16.8 Å². The summed E-state index contributed by atoms with van der Waals surface area (Å²) in [4.78, 5) is 16.2. The zero-order valence-electron chi connectivity index (χ0n) is 11.2. The lowest BCUT2D eigenvalue weighted by Crippen LogP contribution is -2.14. The van der Waals surface area contributed by atoms with Crippen molar-refractivity contribution in [1.82, 2.24) is 4.98 Å². The van der Waals surface area contributed by atoms with Crippen LogP contribution in [0.3, 0.4) is 0 Å². The summed E-state index contributed by atoms with van der Waals surface area (Å²) in [5, 5.41) is 11.3. The first-order chi connectivity index (χ1) is 9.61. The monoisotopic (exact) mass is 270 g/mol. The Morgan fingerprint density at radius 1 is 1.45 bits per heavy atom. The second-order valence-corrected chi connectivity index (χ2v) is 4.19. The van der Waals surface area contributed by atoms with E-state index in [2.05, 4.69) is 22.1 Å². The number of hydrogen-bond donors (Lipinski definition) is 2. The van der Waals surface area contributed by atoms with Crippen LogP contribution in [0.5, 0.6) is 0 Å². The summed E-state index contributed by atoms with van der Waals surface area (Å²) in [5.41, 5.74) is 2.63.